The maximum Gasteiger partial charge on any atom is 0.0845 e. The van der Waals surface area contributed by atoms with Crippen LogP contribution in [-0.4, -0.2) is 13.2 Å². The molecule has 0 unspecified atom stereocenters. The molecule has 2 nitrogen and oxygen atoms in total. The van der Waals surface area contributed by atoms with Gasteiger partial charge in [-0.1, -0.05) is 0 Å². The molecule has 0 saturated carbocycles. The van der Waals surface area contributed by atoms with Crippen LogP contribution in [0.1, 0.15) is 13.8 Å². The molecule has 0 aromatic rings. The average Bonchev–Trinajstić information content (AvgIpc) is 1.97. The number of allylic oxidation sites excluding steroid dienone is 2. The van der Waals surface area contributed by atoms with Crippen LogP contribution in [0.4, 0.5) is 0 Å². The largest absolute Gasteiger partial charge is 0.501 e. The second kappa shape index (κ2) is 8.08. The summed E-state index contributed by atoms with van der Waals surface area (Å²) in [5, 5.41) is 0. The topological polar surface area (TPSA) is 18.5 Å². The lowest BCUT2D eigenvalue weighted by Gasteiger charge is -1.90. The monoisotopic (exact) mass is 142 g/mol. The van der Waals surface area contributed by atoms with E-state index >= 15 is 0 Å². The Morgan fingerprint density at radius 1 is 0.900 bits per heavy atom. The van der Waals surface area contributed by atoms with E-state index in [1.807, 2.05) is 13.8 Å². The summed E-state index contributed by atoms with van der Waals surface area (Å²) >= 11 is 0. The fourth-order valence-electron chi connectivity index (χ4n) is 0.394. The normalized spacial score (nSPS) is 11.0. The molecule has 0 aliphatic rings. The molecular formula is C8H14O2. The lowest BCUT2D eigenvalue weighted by Crippen LogP contribution is -1.76. The van der Waals surface area contributed by atoms with E-state index in [0.29, 0.717) is 13.2 Å². The summed E-state index contributed by atoms with van der Waals surface area (Å²) in [6.45, 7) is 5.30. The van der Waals surface area contributed by atoms with Gasteiger partial charge in [0.15, 0.2) is 0 Å². The summed E-state index contributed by atoms with van der Waals surface area (Å²) in [5.74, 6) is 0. The third-order valence-corrected chi connectivity index (χ3v) is 0.794. The Hall–Kier alpha value is -0.920. The van der Waals surface area contributed by atoms with Crippen molar-refractivity contribution in [3.05, 3.63) is 24.7 Å². The molecule has 0 aliphatic heterocycles. The summed E-state index contributed by atoms with van der Waals surface area (Å²) in [4.78, 5) is 0. The predicted octanol–water partition coefficient (Wildman–Crippen LogP) is 2.09. The predicted molar refractivity (Wildman–Crippen MR) is 41.5 cm³/mol. The van der Waals surface area contributed by atoms with E-state index in [1.54, 1.807) is 24.7 Å². The Bertz CT molecular complexity index is 91.8. The van der Waals surface area contributed by atoms with Gasteiger partial charge in [0.05, 0.1) is 25.7 Å². The molecule has 0 bridgehead atoms. The van der Waals surface area contributed by atoms with Gasteiger partial charge in [-0.15, -0.1) is 0 Å². The van der Waals surface area contributed by atoms with E-state index in [1.165, 1.54) is 0 Å². The van der Waals surface area contributed by atoms with Crippen molar-refractivity contribution in [3.63, 3.8) is 0 Å². The van der Waals surface area contributed by atoms with Gasteiger partial charge in [-0.05, 0) is 26.0 Å². The van der Waals surface area contributed by atoms with Crippen molar-refractivity contribution in [2.45, 2.75) is 13.8 Å². The van der Waals surface area contributed by atoms with Crippen LogP contribution in [0.15, 0.2) is 24.7 Å². The van der Waals surface area contributed by atoms with Crippen molar-refractivity contribution < 1.29 is 9.47 Å². The Morgan fingerprint density at radius 2 is 1.30 bits per heavy atom. The third-order valence-electron chi connectivity index (χ3n) is 0.794. The SMILES string of the molecule is CCOC=CC=COCC. The minimum absolute atomic E-state index is 0.707. The molecule has 0 saturated heterocycles. The molecular weight excluding hydrogens is 128 g/mol. The van der Waals surface area contributed by atoms with Crippen LogP contribution in [0.3, 0.4) is 0 Å². The number of hydrogen-bond acceptors (Lipinski definition) is 2. The molecule has 0 radical (unpaired) electrons. The van der Waals surface area contributed by atoms with Gasteiger partial charge in [-0.25, -0.2) is 0 Å². The molecule has 0 heterocycles. The molecule has 0 amide bonds. The smallest absolute Gasteiger partial charge is 0.0845 e. The van der Waals surface area contributed by atoms with Crippen molar-refractivity contribution >= 4 is 0 Å². The Kier molecular flexibility index (Phi) is 7.34. The van der Waals surface area contributed by atoms with Gasteiger partial charge < -0.3 is 9.47 Å². The minimum Gasteiger partial charge on any atom is -0.501 e. The van der Waals surface area contributed by atoms with Crippen LogP contribution in [0.2, 0.25) is 0 Å². The summed E-state index contributed by atoms with van der Waals surface area (Å²) in [6, 6.07) is 0. The molecule has 0 aromatic carbocycles. The lowest BCUT2D eigenvalue weighted by atomic mass is 10.6. The fourth-order valence-corrected chi connectivity index (χ4v) is 0.394. The van der Waals surface area contributed by atoms with E-state index in [2.05, 4.69) is 0 Å². The first kappa shape index (κ1) is 9.08. The van der Waals surface area contributed by atoms with Gasteiger partial charge in [-0.2, -0.15) is 0 Å². The third kappa shape index (κ3) is 7.08. The first-order valence-electron chi connectivity index (χ1n) is 3.46. The highest BCUT2D eigenvalue weighted by atomic mass is 16.5. The molecule has 0 N–H and O–H groups in total. The van der Waals surface area contributed by atoms with Crippen molar-refractivity contribution in [2.24, 2.45) is 0 Å². The second-order valence-corrected chi connectivity index (χ2v) is 1.57. The first-order chi connectivity index (χ1) is 4.91. The van der Waals surface area contributed by atoms with Gasteiger partial charge in [0.1, 0.15) is 0 Å². The Morgan fingerprint density at radius 3 is 1.60 bits per heavy atom. The highest BCUT2D eigenvalue weighted by molar-refractivity contribution is 4.96. The molecule has 0 fully saturated rings. The van der Waals surface area contributed by atoms with Crippen LogP contribution in [-0.2, 0) is 9.47 Å². The molecule has 10 heavy (non-hydrogen) atoms. The molecule has 2 heteroatoms. The first-order valence-corrected chi connectivity index (χ1v) is 3.46. The molecule has 58 valence electrons. The zero-order valence-corrected chi connectivity index (χ0v) is 6.54. The second-order valence-electron chi connectivity index (χ2n) is 1.57. The summed E-state index contributed by atoms with van der Waals surface area (Å²) in [7, 11) is 0. The number of rotatable bonds is 5. The fraction of sp³-hybridized carbons (Fsp3) is 0.500. The average molecular weight is 142 g/mol. The summed E-state index contributed by atoms with van der Waals surface area (Å²) in [5.41, 5.74) is 0. The van der Waals surface area contributed by atoms with E-state index in [4.69, 9.17) is 9.47 Å². The highest BCUT2D eigenvalue weighted by Gasteiger charge is 1.67. The van der Waals surface area contributed by atoms with Crippen LogP contribution >= 0.6 is 0 Å². The zero-order valence-electron chi connectivity index (χ0n) is 6.54. The van der Waals surface area contributed by atoms with E-state index in [0.717, 1.165) is 0 Å². The molecule has 0 aliphatic carbocycles. The molecule has 0 spiro atoms. The molecule has 0 atom stereocenters. The molecule has 0 rings (SSSR count). The van der Waals surface area contributed by atoms with Crippen LogP contribution in [0.25, 0.3) is 0 Å². The number of hydrogen-bond donors (Lipinski definition) is 0. The van der Waals surface area contributed by atoms with Gasteiger partial charge in [0, 0.05) is 0 Å². The van der Waals surface area contributed by atoms with E-state index < -0.39 is 0 Å². The van der Waals surface area contributed by atoms with Crippen molar-refractivity contribution in [1.29, 1.82) is 0 Å². The maximum absolute atomic E-state index is 4.93. The van der Waals surface area contributed by atoms with Gasteiger partial charge in [-0.3, -0.25) is 0 Å². The maximum atomic E-state index is 4.93. The van der Waals surface area contributed by atoms with E-state index in [9.17, 15) is 0 Å². The Balaban J connectivity index is 3.15. The van der Waals surface area contributed by atoms with Gasteiger partial charge in [0.25, 0.3) is 0 Å². The van der Waals surface area contributed by atoms with Gasteiger partial charge >= 0.3 is 0 Å². The number of ether oxygens (including phenoxy) is 2. The standard InChI is InChI=1S/C8H14O2/c1-3-9-7-5-6-8-10-4-2/h5-8H,3-4H2,1-2H3. The highest BCUT2D eigenvalue weighted by Crippen LogP contribution is 1.81. The van der Waals surface area contributed by atoms with E-state index in [-0.39, 0.29) is 0 Å². The zero-order chi connectivity index (χ0) is 7.66. The van der Waals surface area contributed by atoms with Crippen LogP contribution in [0.5, 0.6) is 0 Å². The summed E-state index contributed by atoms with van der Waals surface area (Å²) < 4.78 is 9.85. The minimum atomic E-state index is 0.707. The van der Waals surface area contributed by atoms with Gasteiger partial charge in [0.2, 0.25) is 0 Å². The quantitative estimate of drug-likeness (QED) is 0.432. The molecule has 0 aromatic heterocycles. The van der Waals surface area contributed by atoms with Crippen LogP contribution in [0, 0.1) is 0 Å². The van der Waals surface area contributed by atoms with Crippen LogP contribution < -0.4 is 0 Å². The van der Waals surface area contributed by atoms with Crippen molar-refractivity contribution in [3.8, 4) is 0 Å². The van der Waals surface area contributed by atoms with Crippen molar-refractivity contribution in [1.82, 2.24) is 0 Å². The Labute approximate surface area is 62.1 Å². The van der Waals surface area contributed by atoms with Crippen molar-refractivity contribution in [2.75, 3.05) is 13.2 Å². The lowest BCUT2D eigenvalue weighted by molar-refractivity contribution is 0.265. The summed E-state index contributed by atoms with van der Waals surface area (Å²) in [6.07, 6.45) is 6.85.